The summed E-state index contributed by atoms with van der Waals surface area (Å²) in [7, 11) is 0. The lowest BCUT2D eigenvalue weighted by Crippen LogP contribution is -2.07. The number of hydrogen-bond donors (Lipinski definition) is 0. The monoisotopic (exact) mass is 264 g/mol. The fraction of sp³-hybridized carbons (Fsp3) is 0.333. The van der Waals surface area contributed by atoms with Crippen LogP contribution in [0.4, 0.5) is 0 Å². The van der Waals surface area contributed by atoms with Crippen LogP contribution in [0.2, 0.25) is 5.15 Å². The summed E-state index contributed by atoms with van der Waals surface area (Å²) >= 11 is 5.86. The molecule has 0 aliphatic heterocycles. The summed E-state index contributed by atoms with van der Waals surface area (Å²) in [6.45, 7) is 2.99. The molecule has 6 heteroatoms. The zero-order valence-corrected chi connectivity index (χ0v) is 10.8. The Morgan fingerprint density at radius 1 is 1.39 bits per heavy atom. The number of hydrogen-bond acceptors (Lipinski definition) is 4. The topological polar surface area (TPSA) is 60.7 Å². The molecule has 0 aliphatic rings. The van der Waals surface area contributed by atoms with Crippen molar-refractivity contribution in [2.75, 3.05) is 0 Å². The van der Waals surface area contributed by atoms with Gasteiger partial charge in [0.25, 0.3) is 0 Å². The van der Waals surface area contributed by atoms with Gasteiger partial charge in [0.1, 0.15) is 17.3 Å². The van der Waals surface area contributed by atoms with Gasteiger partial charge in [0, 0.05) is 25.4 Å². The van der Waals surface area contributed by atoms with Crippen molar-refractivity contribution < 1.29 is 4.79 Å². The van der Waals surface area contributed by atoms with Gasteiger partial charge in [-0.1, -0.05) is 18.5 Å². The van der Waals surface area contributed by atoms with Crippen molar-refractivity contribution in [3.8, 4) is 0 Å². The third-order valence-electron chi connectivity index (χ3n) is 2.63. The minimum atomic E-state index is 0.184. The van der Waals surface area contributed by atoms with Crippen molar-refractivity contribution in [1.82, 2.24) is 19.5 Å². The molecule has 0 bridgehead atoms. The fourth-order valence-electron chi connectivity index (χ4n) is 1.77. The first kappa shape index (κ1) is 12.7. The molecule has 0 unspecified atom stereocenters. The van der Waals surface area contributed by atoms with E-state index in [2.05, 4.69) is 21.9 Å². The first-order chi connectivity index (χ1) is 8.76. The van der Waals surface area contributed by atoms with Crippen LogP contribution in [0.3, 0.4) is 0 Å². The van der Waals surface area contributed by atoms with Crippen molar-refractivity contribution in [3.05, 3.63) is 41.0 Å². The Labute approximate surface area is 110 Å². The molecular weight excluding hydrogens is 252 g/mol. The molecule has 5 nitrogen and oxygen atoms in total. The number of rotatable bonds is 5. The maximum Gasteiger partial charge on any atom is 0.155 e. The van der Waals surface area contributed by atoms with Crippen LogP contribution in [0.5, 0.6) is 0 Å². The van der Waals surface area contributed by atoms with Gasteiger partial charge in [0.05, 0.1) is 11.3 Å². The van der Waals surface area contributed by atoms with E-state index in [0.29, 0.717) is 24.0 Å². The Kier molecular flexibility index (Phi) is 4.04. The van der Waals surface area contributed by atoms with Crippen LogP contribution in [0.15, 0.2) is 18.7 Å². The number of aryl methyl sites for hydroxylation is 1. The van der Waals surface area contributed by atoms with E-state index in [4.69, 9.17) is 11.6 Å². The molecule has 0 aromatic carbocycles. The Morgan fingerprint density at radius 3 is 2.94 bits per heavy atom. The summed E-state index contributed by atoms with van der Waals surface area (Å²) < 4.78 is 2.05. The lowest BCUT2D eigenvalue weighted by Gasteiger charge is -2.07. The molecule has 94 valence electrons. The van der Waals surface area contributed by atoms with Gasteiger partial charge in [-0.2, -0.15) is 0 Å². The molecule has 0 saturated carbocycles. The molecule has 2 heterocycles. The predicted octanol–water partition coefficient (Wildman–Crippen LogP) is 2.14. The molecule has 0 radical (unpaired) electrons. The maximum absolute atomic E-state index is 11.0. The van der Waals surface area contributed by atoms with Crippen molar-refractivity contribution in [3.63, 3.8) is 0 Å². The largest absolute Gasteiger partial charge is 0.335 e. The quantitative estimate of drug-likeness (QED) is 0.613. The molecule has 0 amide bonds. The van der Waals surface area contributed by atoms with Gasteiger partial charge < -0.3 is 4.57 Å². The molecule has 0 spiro atoms. The van der Waals surface area contributed by atoms with E-state index >= 15 is 0 Å². The van der Waals surface area contributed by atoms with Gasteiger partial charge in [-0.3, -0.25) is 4.79 Å². The number of aldehydes is 1. The van der Waals surface area contributed by atoms with E-state index < -0.39 is 0 Å². The molecule has 2 aromatic rings. The highest BCUT2D eigenvalue weighted by Gasteiger charge is 2.12. The van der Waals surface area contributed by atoms with Gasteiger partial charge in [0.2, 0.25) is 0 Å². The number of aromatic nitrogens is 4. The van der Waals surface area contributed by atoms with E-state index in [1.165, 1.54) is 6.33 Å². The third kappa shape index (κ3) is 2.56. The van der Waals surface area contributed by atoms with Crippen LogP contribution in [0, 0.1) is 0 Å². The molecule has 2 rings (SSSR count). The Balaban J connectivity index is 2.31. The number of carbonyl (C=O) groups is 1. The second-order valence-electron chi connectivity index (χ2n) is 3.86. The summed E-state index contributed by atoms with van der Waals surface area (Å²) in [5.74, 6) is 0.870. The van der Waals surface area contributed by atoms with E-state index in [0.717, 1.165) is 18.8 Å². The third-order valence-corrected chi connectivity index (χ3v) is 2.93. The second kappa shape index (κ2) is 5.73. The molecular formula is C12H13ClN4O. The lowest BCUT2D eigenvalue weighted by molar-refractivity contribution is 0.112. The SMILES string of the molecule is CCCn1ccnc1Cc1ncnc(Cl)c1C=O. The van der Waals surface area contributed by atoms with Crippen LogP contribution in [0.1, 0.15) is 35.2 Å². The Hall–Kier alpha value is -1.75. The number of halogens is 1. The normalized spacial score (nSPS) is 10.6. The van der Waals surface area contributed by atoms with E-state index in [-0.39, 0.29) is 5.15 Å². The van der Waals surface area contributed by atoms with Crippen molar-refractivity contribution in [2.24, 2.45) is 0 Å². The molecule has 18 heavy (non-hydrogen) atoms. The smallest absolute Gasteiger partial charge is 0.155 e. The van der Waals surface area contributed by atoms with Crippen molar-refractivity contribution in [2.45, 2.75) is 26.3 Å². The zero-order chi connectivity index (χ0) is 13.0. The van der Waals surface area contributed by atoms with Gasteiger partial charge in [-0.05, 0) is 6.42 Å². The van der Waals surface area contributed by atoms with E-state index in [9.17, 15) is 4.79 Å². The zero-order valence-electron chi connectivity index (χ0n) is 10.0. The average Bonchev–Trinajstić information content (AvgIpc) is 2.78. The minimum Gasteiger partial charge on any atom is -0.335 e. The summed E-state index contributed by atoms with van der Waals surface area (Å²) in [5, 5.41) is 0.184. The second-order valence-corrected chi connectivity index (χ2v) is 4.21. The van der Waals surface area contributed by atoms with Gasteiger partial charge in [0.15, 0.2) is 6.29 Å². The van der Waals surface area contributed by atoms with Crippen molar-refractivity contribution in [1.29, 1.82) is 0 Å². The molecule has 0 aliphatic carbocycles. The van der Waals surface area contributed by atoms with Gasteiger partial charge >= 0.3 is 0 Å². The average molecular weight is 265 g/mol. The minimum absolute atomic E-state index is 0.184. The highest BCUT2D eigenvalue weighted by molar-refractivity contribution is 6.31. The van der Waals surface area contributed by atoms with Crippen molar-refractivity contribution >= 4 is 17.9 Å². The Morgan fingerprint density at radius 2 is 2.22 bits per heavy atom. The first-order valence-corrected chi connectivity index (χ1v) is 6.08. The van der Waals surface area contributed by atoms with E-state index in [1.807, 2.05) is 10.8 Å². The fourth-order valence-corrected chi connectivity index (χ4v) is 1.96. The summed E-state index contributed by atoms with van der Waals surface area (Å²) in [5.41, 5.74) is 0.943. The Bertz CT molecular complexity index is 553. The van der Waals surface area contributed by atoms with E-state index in [1.54, 1.807) is 6.20 Å². The van der Waals surface area contributed by atoms with Gasteiger partial charge in [-0.15, -0.1) is 0 Å². The maximum atomic E-state index is 11.0. The van der Waals surface area contributed by atoms with Crippen LogP contribution in [0.25, 0.3) is 0 Å². The molecule has 0 atom stereocenters. The predicted molar refractivity (Wildman–Crippen MR) is 67.8 cm³/mol. The molecule has 0 N–H and O–H groups in total. The van der Waals surface area contributed by atoms with Crippen LogP contribution < -0.4 is 0 Å². The number of carbonyl (C=O) groups excluding carboxylic acids is 1. The van der Waals surface area contributed by atoms with Crippen LogP contribution in [-0.2, 0) is 13.0 Å². The highest BCUT2D eigenvalue weighted by atomic mass is 35.5. The lowest BCUT2D eigenvalue weighted by atomic mass is 10.2. The summed E-state index contributed by atoms with van der Waals surface area (Å²) in [6, 6.07) is 0. The standard InChI is InChI=1S/C12H13ClN4O/c1-2-4-17-5-3-14-11(17)6-10-9(7-18)12(13)16-8-15-10/h3,5,7-8H,2,4,6H2,1H3. The van der Waals surface area contributed by atoms with Crippen LogP contribution >= 0.6 is 11.6 Å². The molecule has 0 fully saturated rings. The highest BCUT2D eigenvalue weighted by Crippen LogP contribution is 2.16. The summed E-state index contributed by atoms with van der Waals surface area (Å²) in [4.78, 5) is 23.2. The van der Waals surface area contributed by atoms with Crippen LogP contribution in [-0.4, -0.2) is 25.8 Å². The summed E-state index contributed by atoms with van der Waals surface area (Å²) in [6.07, 6.45) is 7.21. The molecule has 2 aromatic heterocycles. The first-order valence-electron chi connectivity index (χ1n) is 5.70. The number of imidazole rings is 1. The van der Waals surface area contributed by atoms with Gasteiger partial charge in [-0.25, -0.2) is 15.0 Å². The molecule has 0 saturated heterocycles. The number of nitrogens with zero attached hydrogens (tertiary/aromatic N) is 4.